The third-order valence-electron chi connectivity index (χ3n) is 5.56. The Labute approximate surface area is 168 Å². The minimum Gasteiger partial charge on any atom is -0.342 e. The molecule has 0 atom stereocenters. The molecule has 3 nitrogen and oxygen atoms in total. The van der Waals surface area contributed by atoms with Crippen LogP contribution in [0.1, 0.15) is 42.9 Å². The van der Waals surface area contributed by atoms with Crippen molar-refractivity contribution in [3.05, 3.63) is 63.8 Å². The summed E-state index contributed by atoms with van der Waals surface area (Å²) in [4.78, 5) is 19.4. The van der Waals surface area contributed by atoms with Crippen LogP contribution in [0.15, 0.2) is 52.5 Å². The monoisotopic (exact) mass is 396 g/mol. The molecule has 140 valence electrons. The lowest BCUT2D eigenvalue weighted by Crippen LogP contribution is -2.40. The third-order valence-corrected chi connectivity index (χ3v) is 7.18. The SMILES string of the molecule is CN(C(=O)Cc1csc(-c2ccsc2)n1)C1CCC(c2ccccc2)CC1. The lowest BCUT2D eigenvalue weighted by atomic mass is 9.81. The molecule has 0 spiro atoms. The van der Waals surface area contributed by atoms with E-state index in [1.165, 1.54) is 5.56 Å². The van der Waals surface area contributed by atoms with Crippen molar-refractivity contribution in [2.45, 2.75) is 44.1 Å². The standard InChI is InChI=1S/C22H24N2OS2/c1-24(20-9-7-17(8-10-20)16-5-3-2-4-6-16)21(25)13-19-15-27-22(23-19)18-11-12-26-14-18/h2-6,11-12,14-15,17,20H,7-10,13H2,1H3. The highest BCUT2D eigenvalue weighted by Crippen LogP contribution is 2.34. The fraction of sp³-hybridized carbons (Fsp3) is 0.364. The van der Waals surface area contributed by atoms with Crippen LogP contribution in [0.25, 0.3) is 10.6 Å². The number of aromatic nitrogens is 1. The Morgan fingerprint density at radius 2 is 1.89 bits per heavy atom. The van der Waals surface area contributed by atoms with E-state index in [9.17, 15) is 4.79 Å². The fourth-order valence-electron chi connectivity index (χ4n) is 3.91. The van der Waals surface area contributed by atoms with Crippen molar-refractivity contribution in [3.8, 4) is 10.6 Å². The first-order valence-electron chi connectivity index (χ1n) is 9.48. The molecule has 0 saturated heterocycles. The Morgan fingerprint density at radius 1 is 1.11 bits per heavy atom. The molecule has 3 aromatic rings. The summed E-state index contributed by atoms with van der Waals surface area (Å²) in [6.45, 7) is 0. The molecule has 0 unspecified atom stereocenters. The fourth-order valence-corrected chi connectivity index (χ4v) is 5.44. The first-order chi connectivity index (χ1) is 13.2. The molecule has 2 aromatic heterocycles. The summed E-state index contributed by atoms with van der Waals surface area (Å²) in [7, 11) is 1.96. The van der Waals surface area contributed by atoms with E-state index in [0.717, 1.165) is 41.9 Å². The number of amides is 1. The molecule has 0 N–H and O–H groups in total. The number of nitrogens with zero attached hydrogens (tertiary/aromatic N) is 2. The van der Waals surface area contributed by atoms with Crippen molar-refractivity contribution in [1.29, 1.82) is 0 Å². The maximum atomic E-state index is 12.8. The van der Waals surface area contributed by atoms with Crippen LogP contribution < -0.4 is 0 Å². The Kier molecular flexibility index (Phi) is 5.69. The topological polar surface area (TPSA) is 33.2 Å². The Bertz CT molecular complexity index is 865. The van der Waals surface area contributed by atoms with E-state index in [4.69, 9.17) is 0 Å². The molecule has 0 radical (unpaired) electrons. The smallest absolute Gasteiger partial charge is 0.228 e. The van der Waals surface area contributed by atoms with Gasteiger partial charge in [-0.2, -0.15) is 11.3 Å². The van der Waals surface area contributed by atoms with Crippen LogP contribution >= 0.6 is 22.7 Å². The van der Waals surface area contributed by atoms with Crippen molar-refractivity contribution in [2.24, 2.45) is 0 Å². The van der Waals surface area contributed by atoms with E-state index in [0.29, 0.717) is 18.4 Å². The second-order valence-corrected chi connectivity index (χ2v) is 8.89. The predicted octanol–water partition coefficient (Wildman–Crippen LogP) is 5.60. The molecule has 1 aliphatic carbocycles. The number of hydrogen-bond acceptors (Lipinski definition) is 4. The van der Waals surface area contributed by atoms with Crippen molar-refractivity contribution in [3.63, 3.8) is 0 Å². The molecule has 1 aliphatic rings. The average molecular weight is 397 g/mol. The first kappa shape index (κ1) is 18.4. The zero-order chi connectivity index (χ0) is 18.6. The second kappa shape index (κ2) is 8.36. The maximum absolute atomic E-state index is 12.8. The van der Waals surface area contributed by atoms with Gasteiger partial charge in [0.2, 0.25) is 5.91 Å². The van der Waals surface area contributed by atoms with Gasteiger partial charge in [-0.1, -0.05) is 30.3 Å². The highest BCUT2D eigenvalue weighted by Gasteiger charge is 2.27. The van der Waals surface area contributed by atoms with E-state index >= 15 is 0 Å². The van der Waals surface area contributed by atoms with Gasteiger partial charge in [0, 0.05) is 29.4 Å². The predicted molar refractivity (Wildman–Crippen MR) is 113 cm³/mol. The summed E-state index contributed by atoms with van der Waals surface area (Å²) >= 11 is 3.29. The Hall–Kier alpha value is -1.98. The lowest BCUT2D eigenvalue weighted by molar-refractivity contribution is -0.131. The van der Waals surface area contributed by atoms with Crippen molar-refractivity contribution >= 4 is 28.6 Å². The number of thiazole rings is 1. The van der Waals surface area contributed by atoms with Gasteiger partial charge in [-0.05, 0) is 48.6 Å². The summed E-state index contributed by atoms with van der Waals surface area (Å²) in [6.07, 6.45) is 4.88. The van der Waals surface area contributed by atoms with E-state index < -0.39 is 0 Å². The number of thiophene rings is 1. The van der Waals surface area contributed by atoms with Gasteiger partial charge in [-0.25, -0.2) is 4.98 Å². The van der Waals surface area contributed by atoms with E-state index in [2.05, 4.69) is 52.1 Å². The van der Waals surface area contributed by atoms with Crippen LogP contribution in [-0.4, -0.2) is 28.9 Å². The molecule has 5 heteroatoms. The largest absolute Gasteiger partial charge is 0.342 e. The Morgan fingerprint density at radius 3 is 2.59 bits per heavy atom. The first-order valence-corrected chi connectivity index (χ1v) is 11.3. The highest BCUT2D eigenvalue weighted by atomic mass is 32.1. The average Bonchev–Trinajstić information content (AvgIpc) is 3.40. The summed E-state index contributed by atoms with van der Waals surface area (Å²) in [5.41, 5.74) is 3.47. The van der Waals surface area contributed by atoms with E-state index in [-0.39, 0.29) is 5.91 Å². The molecule has 0 aliphatic heterocycles. The zero-order valence-electron chi connectivity index (χ0n) is 15.5. The molecular weight excluding hydrogens is 372 g/mol. The number of benzene rings is 1. The maximum Gasteiger partial charge on any atom is 0.228 e. The van der Waals surface area contributed by atoms with Gasteiger partial charge in [0.05, 0.1) is 12.1 Å². The molecule has 1 fully saturated rings. The van der Waals surface area contributed by atoms with Crippen molar-refractivity contribution < 1.29 is 4.79 Å². The normalized spacial score (nSPS) is 19.7. The van der Waals surface area contributed by atoms with Gasteiger partial charge in [0.15, 0.2) is 0 Å². The number of carbonyl (C=O) groups excluding carboxylic acids is 1. The number of hydrogen-bond donors (Lipinski definition) is 0. The quantitative estimate of drug-likeness (QED) is 0.562. The van der Waals surface area contributed by atoms with E-state index in [1.807, 2.05) is 17.3 Å². The molecule has 4 rings (SSSR count). The second-order valence-electron chi connectivity index (χ2n) is 7.25. The van der Waals surface area contributed by atoms with Gasteiger partial charge >= 0.3 is 0 Å². The molecular formula is C22H24N2OS2. The summed E-state index contributed by atoms with van der Waals surface area (Å²) in [5.74, 6) is 0.818. The van der Waals surface area contributed by atoms with Crippen LogP contribution in [0.5, 0.6) is 0 Å². The molecule has 1 amide bonds. The zero-order valence-corrected chi connectivity index (χ0v) is 17.1. The van der Waals surface area contributed by atoms with Gasteiger partial charge in [0.25, 0.3) is 0 Å². The number of likely N-dealkylation sites (N-methyl/N-ethyl adjacent to an activating group) is 1. The highest BCUT2D eigenvalue weighted by molar-refractivity contribution is 7.14. The van der Waals surface area contributed by atoms with Crippen LogP contribution in [-0.2, 0) is 11.2 Å². The van der Waals surface area contributed by atoms with Gasteiger partial charge in [-0.3, -0.25) is 4.79 Å². The minimum atomic E-state index is 0.181. The van der Waals surface area contributed by atoms with Crippen molar-refractivity contribution in [2.75, 3.05) is 7.05 Å². The van der Waals surface area contributed by atoms with Gasteiger partial charge in [0.1, 0.15) is 5.01 Å². The van der Waals surface area contributed by atoms with E-state index in [1.54, 1.807) is 22.7 Å². The molecule has 1 aromatic carbocycles. The third kappa shape index (κ3) is 4.30. The van der Waals surface area contributed by atoms with Gasteiger partial charge < -0.3 is 4.90 Å². The minimum absolute atomic E-state index is 0.181. The number of carbonyl (C=O) groups is 1. The van der Waals surface area contributed by atoms with Gasteiger partial charge in [-0.15, -0.1) is 11.3 Å². The van der Waals surface area contributed by atoms with Crippen LogP contribution in [0.2, 0.25) is 0 Å². The van der Waals surface area contributed by atoms with Crippen LogP contribution in [0.4, 0.5) is 0 Å². The molecule has 27 heavy (non-hydrogen) atoms. The molecule has 0 bridgehead atoms. The summed E-state index contributed by atoms with van der Waals surface area (Å²) < 4.78 is 0. The number of rotatable bonds is 5. The molecule has 1 saturated carbocycles. The molecule has 2 heterocycles. The Balaban J connectivity index is 1.32. The lowest BCUT2D eigenvalue weighted by Gasteiger charge is -2.35. The summed E-state index contributed by atoms with van der Waals surface area (Å²) in [6, 6.07) is 13.2. The summed E-state index contributed by atoms with van der Waals surface area (Å²) in [5, 5.41) is 7.18. The van der Waals surface area contributed by atoms with Crippen LogP contribution in [0.3, 0.4) is 0 Å². The van der Waals surface area contributed by atoms with Crippen molar-refractivity contribution in [1.82, 2.24) is 9.88 Å². The van der Waals surface area contributed by atoms with Crippen LogP contribution in [0, 0.1) is 0 Å².